The predicted molar refractivity (Wildman–Crippen MR) is 193 cm³/mol. The molecule has 0 spiro atoms. The van der Waals surface area contributed by atoms with E-state index < -0.39 is 5.41 Å². The molecule has 2 nitrogen and oxygen atoms in total. The fourth-order valence-corrected chi connectivity index (χ4v) is 7.90. The van der Waals surface area contributed by atoms with Crippen LogP contribution in [-0.4, -0.2) is 10.2 Å². The van der Waals surface area contributed by atoms with Crippen LogP contribution >= 0.6 is 0 Å². The SMILES string of the molecule is Oc1ccc(C2(c3ccc(O)c4ccccc34)c3ccc(-c4ccccc4)cc3-c3cc(-c4ccccc4)ccc32)c2ccccc12. The quantitative estimate of drug-likeness (QED) is 0.210. The lowest BCUT2D eigenvalue weighted by Gasteiger charge is -2.36. The Bertz CT molecular complexity index is 2300. The van der Waals surface area contributed by atoms with Crippen molar-refractivity contribution < 1.29 is 10.2 Å². The van der Waals surface area contributed by atoms with Crippen molar-refractivity contribution >= 4 is 21.5 Å². The summed E-state index contributed by atoms with van der Waals surface area (Å²) in [6, 6.07) is 58.9. The van der Waals surface area contributed by atoms with Crippen molar-refractivity contribution in [2.45, 2.75) is 5.41 Å². The molecule has 0 saturated carbocycles. The van der Waals surface area contributed by atoms with E-state index in [1.54, 1.807) is 0 Å². The molecular weight excluding hydrogens is 572 g/mol. The van der Waals surface area contributed by atoms with E-state index in [2.05, 4.69) is 121 Å². The van der Waals surface area contributed by atoms with Gasteiger partial charge in [-0.1, -0.05) is 146 Å². The zero-order valence-corrected chi connectivity index (χ0v) is 25.6. The summed E-state index contributed by atoms with van der Waals surface area (Å²) in [5.41, 5.74) is 10.7. The molecule has 0 unspecified atom stereocenters. The minimum atomic E-state index is -0.754. The Morgan fingerprint density at radius 3 is 1.09 bits per heavy atom. The Morgan fingerprint density at radius 2 is 0.660 bits per heavy atom. The Kier molecular flexibility index (Phi) is 6.06. The van der Waals surface area contributed by atoms with Gasteiger partial charge < -0.3 is 10.2 Å². The molecule has 1 aliphatic carbocycles. The summed E-state index contributed by atoms with van der Waals surface area (Å²) in [6.45, 7) is 0. The third-order valence-electron chi connectivity index (χ3n) is 9.96. The van der Waals surface area contributed by atoms with Crippen molar-refractivity contribution in [3.05, 3.63) is 192 Å². The number of hydrogen-bond acceptors (Lipinski definition) is 2. The van der Waals surface area contributed by atoms with Gasteiger partial charge in [-0.05, 0) is 90.7 Å². The first-order valence-electron chi connectivity index (χ1n) is 16.0. The molecule has 2 N–H and O–H groups in total. The van der Waals surface area contributed by atoms with Crippen molar-refractivity contribution in [3.63, 3.8) is 0 Å². The van der Waals surface area contributed by atoms with E-state index in [0.717, 1.165) is 43.8 Å². The van der Waals surface area contributed by atoms with Crippen LogP contribution in [0.5, 0.6) is 11.5 Å². The third-order valence-corrected chi connectivity index (χ3v) is 9.96. The summed E-state index contributed by atoms with van der Waals surface area (Å²) in [5, 5.41) is 25.8. The lowest BCUT2D eigenvalue weighted by Crippen LogP contribution is -2.29. The van der Waals surface area contributed by atoms with Crippen molar-refractivity contribution in [2.75, 3.05) is 0 Å². The van der Waals surface area contributed by atoms with Gasteiger partial charge in [0.2, 0.25) is 0 Å². The highest BCUT2D eigenvalue weighted by atomic mass is 16.3. The molecule has 0 aliphatic heterocycles. The fraction of sp³-hybridized carbons (Fsp3) is 0.0222. The average Bonchev–Trinajstić information content (AvgIpc) is 3.42. The van der Waals surface area contributed by atoms with Crippen LogP contribution in [0.3, 0.4) is 0 Å². The number of aromatic hydroxyl groups is 2. The van der Waals surface area contributed by atoms with Gasteiger partial charge in [-0.2, -0.15) is 0 Å². The number of hydrogen-bond donors (Lipinski definition) is 2. The van der Waals surface area contributed by atoms with Gasteiger partial charge in [0.1, 0.15) is 11.5 Å². The summed E-state index contributed by atoms with van der Waals surface area (Å²) in [6.07, 6.45) is 0. The number of fused-ring (bicyclic) bond motifs is 5. The molecule has 2 heteroatoms. The number of phenolic OH excluding ortho intramolecular Hbond substituents is 2. The molecule has 0 heterocycles. The van der Waals surface area contributed by atoms with Crippen molar-refractivity contribution in [1.82, 2.24) is 0 Å². The van der Waals surface area contributed by atoms with E-state index >= 15 is 0 Å². The Morgan fingerprint density at radius 1 is 0.298 bits per heavy atom. The van der Waals surface area contributed by atoms with Crippen LogP contribution in [-0.2, 0) is 5.41 Å². The second kappa shape index (κ2) is 10.5. The van der Waals surface area contributed by atoms with E-state index in [9.17, 15) is 10.2 Å². The van der Waals surface area contributed by atoms with E-state index in [1.807, 2.05) is 48.5 Å². The molecule has 8 aromatic rings. The molecule has 0 fully saturated rings. The minimum Gasteiger partial charge on any atom is -0.507 e. The van der Waals surface area contributed by atoms with Gasteiger partial charge in [0.05, 0.1) is 5.41 Å². The summed E-state index contributed by atoms with van der Waals surface area (Å²) in [4.78, 5) is 0. The highest BCUT2D eigenvalue weighted by Gasteiger charge is 2.48. The zero-order valence-electron chi connectivity index (χ0n) is 25.6. The molecule has 0 aromatic heterocycles. The monoisotopic (exact) mass is 602 g/mol. The molecule has 0 saturated heterocycles. The van der Waals surface area contributed by atoms with Gasteiger partial charge >= 0.3 is 0 Å². The first-order chi connectivity index (χ1) is 23.1. The summed E-state index contributed by atoms with van der Waals surface area (Å²) >= 11 is 0. The number of rotatable bonds is 4. The average molecular weight is 603 g/mol. The summed E-state index contributed by atoms with van der Waals surface area (Å²) in [5.74, 6) is 0.514. The Hall–Kier alpha value is -6.12. The van der Waals surface area contributed by atoms with Crippen molar-refractivity contribution in [3.8, 4) is 44.9 Å². The van der Waals surface area contributed by atoms with Crippen LogP contribution in [0.1, 0.15) is 22.3 Å². The summed E-state index contributed by atoms with van der Waals surface area (Å²) < 4.78 is 0. The Balaban J connectivity index is 1.47. The predicted octanol–water partition coefficient (Wildman–Crippen LogP) is 11.1. The number of phenols is 2. The van der Waals surface area contributed by atoms with E-state index in [0.29, 0.717) is 0 Å². The van der Waals surface area contributed by atoms with Gasteiger partial charge in [0.15, 0.2) is 0 Å². The normalized spacial score (nSPS) is 13.0. The molecule has 0 bridgehead atoms. The standard InChI is InChI=1S/C45H30O2/c46-43-25-23-39(33-15-7-9-17-35(33)43)45(40-24-26-44(47)36-18-10-8-16-34(36)40)41-21-19-31(29-11-3-1-4-12-29)27-37(41)38-28-32(20-22-42(38)45)30-13-5-2-6-14-30/h1-28,46-47H. The third kappa shape index (κ3) is 3.98. The lowest BCUT2D eigenvalue weighted by molar-refractivity contribution is 0.481. The van der Waals surface area contributed by atoms with Crippen LogP contribution in [0.2, 0.25) is 0 Å². The second-order valence-electron chi connectivity index (χ2n) is 12.4. The van der Waals surface area contributed by atoms with Crippen molar-refractivity contribution in [2.24, 2.45) is 0 Å². The largest absolute Gasteiger partial charge is 0.507 e. The van der Waals surface area contributed by atoms with E-state index in [-0.39, 0.29) is 11.5 Å². The molecule has 47 heavy (non-hydrogen) atoms. The van der Waals surface area contributed by atoms with Gasteiger partial charge in [-0.25, -0.2) is 0 Å². The molecular formula is C45H30O2. The van der Waals surface area contributed by atoms with Crippen LogP contribution in [0.15, 0.2) is 170 Å². The zero-order chi connectivity index (χ0) is 31.5. The Labute approximate surface area is 273 Å². The lowest BCUT2D eigenvalue weighted by atomic mass is 9.65. The topological polar surface area (TPSA) is 40.5 Å². The van der Waals surface area contributed by atoms with Gasteiger partial charge in [0, 0.05) is 10.8 Å². The van der Waals surface area contributed by atoms with Crippen molar-refractivity contribution in [1.29, 1.82) is 0 Å². The molecule has 9 rings (SSSR count). The van der Waals surface area contributed by atoms with Crippen LogP contribution in [0.25, 0.3) is 54.9 Å². The molecule has 222 valence electrons. The van der Waals surface area contributed by atoms with E-state index in [4.69, 9.17) is 0 Å². The molecule has 1 aliphatic rings. The highest BCUT2D eigenvalue weighted by Crippen LogP contribution is 2.60. The van der Waals surface area contributed by atoms with Crippen LogP contribution < -0.4 is 0 Å². The maximum Gasteiger partial charge on any atom is 0.123 e. The van der Waals surface area contributed by atoms with Gasteiger partial charge in [-0.3, -0.25) is 0 Å². The number of benzene rings is 8. The summed E-state index contributed by atoms with van der Waals surface area (Å²) in [7, 11) is 0. The first kappa shape index (κ1) is 27.2. The van der Waals surface area contributed by atoms with Gasteiger partial charge in [0.25, 0.3) is 0 Å². The molecule has 0 radical (unpaired) electrons. The maximum absolute atomic E-state index is 11.1. The highest BCUT2D eigenvalue weighted by molar-refractivity contribution is 6.02. The van der Waals surface area contributed by atoms with E-state index in [1.165, 1.54) is 33.4 Å². The minimum absolute atomic E-state index is 0.257. The van der Waals surface area contributed by atoms with Crippen LogP contribution in [0.4, 0.5) is 0 Å². The fourth-order valence-electron chi connectivity index (χ4n) is 7.90. The first-order valence-corrected chi connectivity index (χ1v) is 16.0. The molecule has 0 atom stereocenters. The van der Waals surface area contributed by atoms with Gasteiger partial charge in [-0.15, -0.1) is 0 Å². The molecule has 8 aromatic carbocycles. The van der Waals surface area contributed by atoms with Crippen LogP contribution in [0, 0.1) is 0 Å². The smallest absolute Gasteiger partial charge is 0.123 e. The molecule has 0 amide bonds. The maximum atomic E-state index is 11.1. The second-order valence-corrected chi connectivity index (χ2v) is 12.4.